The van der Waals surface area contributed by atoms with Crippen molar-refractivity contribution in [2.45, 2.75) is 20.0 Å². The van der Waals surface area contributed by atoms with E-state index >= 15 is 0 Å². The van der Waals surface area contributed by atoms with Crippen LogP contribution in [-0.4, -0.2) is 25.5 Å². The molecule has 1 N–H and O–H groups in total. The van der Waals surface area contributed by atoms with Crippen molar-refractivity contribution in [2.75, 3.05) is 0 Å². The van der Waals surface area contributed by atoms with Gasteiger partial charge in [-0.25, -0.2) is 0 Å². The lowest BCUT2D eigenvalue weighted by molar-refractivity contribution is 0.0939. The van der Waals surface area contributed by atoms with Gasteiger partial charge < -0.3 is 5.32 Å². The number of amides is 1. The predicted molar refractivity (Wildman–Crippen MR) is 72.3 cm³/mol. The third-order valence-electron chi connectivity index (χ3n) is 2.74. The van der Waals surface area contributed by atoms with E-state index in [1.165, 1.54) is 12.4 Å². The molecule has 2 aromatic rings. The Balaban J connectivity index is 2.12. The fourth-order valence-corrected chi connectivity index (χ4v) is 2.17. The maximum absolute atomic E-state index is 12.1. The molecule has 1 amide bonds. The second-order valence-corrected chi connectivity index (χ2v) is 4.72. The SMILES string of the molecule is CCn1ncc(Cl)c1C(=O)NCc1c(Cl)cnn1C. The van der Waals surface area contributed by atoms with Crippen LogP contribution < -0.4 is 5.32 Å². The van der Waals surface area contributed by atoms with E-state index in [1.807, 2.05) is 6.92 Å². The normalized spacial score (nSPS) is 10.7. The molecule has 0 fully saturated rings. The summed E-state index contributed by atoms with van der Waals surface area (Å²) in [7, 11) is 1.76. The first-order valence-corrected chi connectivity index (χ1v) is 6.46. The maximum Gasteiger partial charge on any atom is 0.271 e. The van der Waals surface area contributed by atoms with E-state index in [-0.39, 0.29) is 12.5 Å². The van der Waals surface area contributed by atoms with E-state index in [9.17, 15) is 4.79 Å². The molecule has 0 spiro atoms. The lowest BCUT2D eigenvalue weighted by Crippen LogP contribution is -2.27. The molecule has 0 saturated heterocycles. The highest BCUT2D eigenvalue weighted by molar-refractivity contribution is 6.33. The molecule has 2 heterocycles. The van der Waals surface area contributed by atoms with Crippen LogP contribution in [0.25, 0.3) is 0 Å². The summed E-state index contributed by atoms with van der Waals surface area (Å²) in [6, 6.07) is 0. The number of nitrogens with one attached hydrogen (secondary N) is 1. The van der Waals surface area contributed by atoms with Gasteiger partial charge >= 0.3 is 0 Å². The van der Waals surface area contributed by atoms with Gasteiger partial charge in [-0.2, -0.15) is 10.2 Å². The highest BCUT2D eigenvalue weighted by Crippen LogP contribution is 2.16. The van der Waals surface area contributed by atoms with Gasteiger partial charge in [-0.05, 0) is 6.92 Å². The zero-order chi connectivity index (χ0) is 14.0. The average molecular weight is 302 g/mol. The second-order valence-electron chi connectivity index (χ2n) is 3.90. The standard InChI is InChI=1S/C11H13Cl2N5O/c1-3-18-10(8(13)5-16-18)11(19)14-6-9-7(12)4-15-17(9)2/h4-5H,3,6H2,1-2H3,(H,14,19). The third kappa shape index (κ3) is 2.74. The number of nitrogens with zero attached hydrogens (tertiary/aromatic N) is 4. The highest BCUT2D eigenvalue weighted by Gasteiger charge is 2.17. The molecule has 0 atom stereocenters. The zero-order valence-electron chi connectivity index (χ0n) is 10.5. The number of aromatic nitrogens is 4. The van der Waals surface area contributed by atoms with Crippen LogP contribution in [0.2, 0.25) is 10.0 Å². The lowest BCUT2D eigenvalue weighted by atomic mass is 10.3. The number of hydrogen-bond donors (Lipinski definition) is 1. The Morgan fingerprint density at radius 3 is 2.58 bits per heavy atom. The van der Waals surface area contributed by atoms with Crippen molar-refractivity contribution in [3.8, 4) is 0 Å². The van der Waals surface area contributed by atoms with Crippen molar-refractivity contribution in [2.24, 2.45) is 7.05 Å². The highest BCUT2D eigenvalue weighted by atomic mass is 35.5. The van der Waals surface area contributed by atoms with Gasteiger partial charge in [-0.15, -0.1) is 0 Å². The molecule has 102 valence electrons. The second kappa shape index (κ2) is 5.63. The molecule has 8 heteroatoms. The van der Waals surface area contributed by atoms with E-state index in [4.69, 9.17) is 23.2 Å². The molecule has 0 radical (unpaired) electrons. The van der Waals surface area contributed by atoms with Crippen molar-refractivity contribution in [1.29, 1.82) is 0 Å². The smallest absolute Gasteiger partial charge is 0.271 e. The minimum Gasteiger partial charge on any atom is -0.345 e. The monoisotopic (exact) mass is 301 g/mol. The first-order chi connectivity index (χ1) is 9.04. The molecule has 0 aliphatic carbocycles. The molecule has 0 aromatic carbocycles. The van der Waals surface area contributed by atoms with Crippen LogP contribution in [0.5, 0.6) is 0 Å². The fraction of sp³-hybridized carbons (Fsp3) is 0.364. The summed E-state index contributed by atoms with van der Waals surface area (Å²) in [6.07, 6.45) is 2.99. The van der Waals surface area contributed by atoms with Crippen LogP contribution >= 0.6 is 23.2 Å². The number of aryl methyl sites for hydroxylation is 2. The summed E-state index contributed by atoms with van der Waals surface area (Å²) >= 11 is 11.9. The van der Waals surface area contributed by atoms with Crippen molar-refractivity contribution < 1.29 is 4.79 Å². The van der Waals surface area contributed by atoms with Crippen molar-refractivity contribution in [3.63, 3.8) is 0 Å². The van der Waals surface area contributed by atoms with Crippen LogP contribution in [0.4, 0.5) is 0 Å². The number of carbonyl (C=O) groups excluding carboxylic acids is 1. The number of rotatable bonds is 4. The van der Waals surface area contributed by atoms with Crippen molar-refractivity contribution >= 4 is 29.1 Å². The topological polar surface area (TPSA) is 64.7 Å². The van der Waals surface area contributed by atoms with Crippen LogP contribution in [0, 0.1) is 0 Å². The Kier molecular flexibility index (Phi) is 4.11. The van der Waals surface area contributed by atoms with E-state index in [0.717, 1.165) is 5.69 Å². The Bertz CT molecular complexity index is 585. The molecular weight excluding hydrogens is 289 g/mol. The van der Waals surface area contributed by atoms with Gasteiger partial charge in [0, 0.05) is 13.6 Å². The summed E-state index contributed by atoms with van der Waals surface area (Å²) in [6.45, 7) is 2.74. The molecular formula is C11H13Cl2N5O. The van der Waals surface area contributed by atoms with Crippen LogP contribution in [0.15, 0.2) is 12.4 Å². The first kappa shape index (κ1) is 13.9. The van der Waals surface area contributed by atoms with Crippen molar-refractivity contribution in [1.82, 2.24) is 24.9 Å². The lowest BCUT2D eigenvalue weighted by Gasteiger charge is -2.08. The van der Waals surface area contributed by atoms with Crippen LogP contribution in [0.3, 0.4) is 0 Å². The van der Waals surface area contributed by atoms with Crippen LogP contribution in [-0.2, 0) is 20.1 Å². The van der Waals surface area contributed by atoms with E-state index < -0.39 is 0 Å². The third-order valence-corrected chi connectivity index (χ3v) is 3.33. The van der Waals surface area contributed by atoms with Gasteiger partial charge in [-0.3, -0.25) is 14.2 Å². The number of hydrogen-bond acceptors (Lipinski definition) is 3. The molecule has 0 bridgehead atoms. The molecule has 0 aliphatic rings. The van der Waals surface area contributed by atoms with Gasteiger partial charge in [0.1, 0.15) is 5.69 Å². The molecule has 2 aromatic heterocycles. The van der Waals surface area contributed by atoms with Gasteiger partial charge in [0.25, 0.3) is 5.91 Å². The van der Waals surface area contributed by atoms with E-state index in [2.05, 4.69) is 15.5 Å². The largest absolute Gasteiger partial charge is 0.345 e. The Morgan fingerprint density at radius 1 is 1.32 bits per heavy atom. The Hall–Kier alpha value is -1.53. The summed E-state index contributed by atoms with van der Waals surface area (Å²) in [5.41, 5.74) is 1.08. The summed E-state index contributed by atoms with van der Waals surface area (Å²) < 4.78 is 3.16. The summed E-state index contributed by atoms with van der Waals surface area (Å²) in [4.78, 5) is 12.1. The predicted octanol–water partition coefficient (Wildman–Crippen LogP) is 1.87. The summed E-state index contributed by atoms with van der Waals surface area (Å²) in [5.74, 6) is -0.290. The zero-order valence-corrected chi connectivity index (χ0v) is 12.0. The van der Waals surface area contributed by atoms with Gasteiger partial charge in [0.05, 0.1) is 34.7 Å². The number of halogens is 2. The van der Waals surface area contributed by atoms with Gasteiger partial charge in [0.2, 0.25) is 0 Å². The summed E-state index contributed by atoms with van der Waals surface area (Å²) in [5, 5.41) is 11.6. The Morgan fingerprint density at radius 2 is 2.00 bits per heavy atom. The van der Waals surface area contributed by atoms with Crippen LogP contribution in [0.1, 0.15) is 23.1 Å². The minimum atomic E-state index is -0.290. The van der Waals surface area contributed by atoms with Gasteiger partial charge in [0.15, 0.2) is 0 Å². The minimum absolute atomic E-state index is 0.277. The molecule has 0 aliphatic heterocycles. The fourth-order valence-electron chi connectivity index (χ4n) is 1.71. The Labute approximate surface area is 120 Å². The molecule has 0 unspecified atom stereocenters. The maximum atomic E-state index is 12.1. The number of carbonyl (C=O) groups is 1. The quantitative estimate of drug-likeness (QED) is 0.937. The molecule has 0 saturated carbocycles. The van der Waals surface area contributed by atoms with Crippen molar-refractivity contribution in [3.05, 3.63) is 33.8 Å². The molecule has 6 nitrogen and oxygen atoms in total. The average Bonchev–Trinajstić information content (AvgIpc) is 2.91. The van der Waals surface area contributed by atoms with E-state index in [0.29, 0.717) is 22.3 Å². The molecule has 2 rings (SSSR count). The molecule has 19 heavy (non-hydrogen) atoms. The van der Waals surface area contributed by atoms with E-state index in [1.54, 1.807) is 16.4 Å². The van der Waals surface area contributed by atoms with Gasteiger partial charge in [-0.1, -0.05) is 23.2 Å². The first-order valence-electron chi connectivity index (χ1n) is 5.70.